The van der Waals surface area contributed by atoms with E-state index in [2.05, 4.69) is 54.5 Å². The molecule has 5 heterocycles. The van der Waals surface area contributed by atoms with Gasteiger partial charge in [0.15, 0.2) is 0 Å². The number of halogens is 1. The quantitative estimate of drug-likeness (QED) is 0.517. The van der Waals surface area contributed by atoms with Crippen LogP contribution in [0.4, 0.5) is 16.3 Å². The summed E-state index contributed by atoms with van der Waals surface area (Å²) in [5, 5.41) is 5.71. The predicted octanol–water partition coefficient (Wildman–Crippen LogP) is 2.22. The van der Waals surface area contributed by atoms with Crippen molar-refractivity contribution in [1.82, 2.24) is 25.6 Å². The summed E-state index contributed by atoms with van der Waals surface area (Å²) in [6.07, 6.45) is 8.58. The molecule has 2 N–H and O–H groups in total. The number of pyridine rings is 1. The topological polar surface area (TPSA) is 103 Å². The summed E-state index contributed by atoms with van der Waals surface area (Å²) >= 11 is 6.37. The van der Waals surface area contributed by atoms with Gasteiger partial charge in [-0.25, -0.2) is 19.7 Å². The van der Waals surface area contributed by atoms with Gasteiger partial charge in [0.05, 0.1) is 11.4 Å². The van der Waals surface area contributed by atoms with Crippen LogP contribution in [0.5, 0.6) is 0 Å². The molecule has 10 heteroatoms. The molecule has 170 valence electrons. The molecular weight excluding hydrogens is 442 g/mol. The van der Waals surface area contributed by atoms with Gasteiger partial charge in [-0.05, 0) is 25.8 Å². The van der Waals surface area contributed by atoms with E-state index in [0.717, 1.165) is 46.9 Å². The highest BCUT2D eigenvalue weighted by Crippen LogP contribution is 2.38. The second-order valence-corrected chi connectivity index (χ2v) is 9.60. The maximum atomic E-state index is 12.3. The van der Waals surface area contributed by atoms with E-state index in [1.807, 2.05) is 6.07 Å². The van der Waals surface area contributed by atoms with Crippen LogP contribution in [0.1, 0.15) is 42.3 Å². The van der Waals surface area contributed by atoms with Gasteiger partial charge in [-0.2, -0.15) is 0 Å². The second kappa shape index (κ2) is 7.41. The Morgan fingerprint density at radius 3 is 2.76 bits per heavy atom. The third-order valence-corrected chi connectivity index (χ3v) is 7.48. The van der Waals surface area contributed by atoms with Crippen LogP contribution in [0.2, 0.25) is 5.15 Å². The lowest BCUT2D eigenvalue weighted by molar-refractivity contribution is -0.124. The SMILES string of the molecule is C[C@@H]1Cc2ncnc(N3CCC4(CC3)NC(=O)NC4=O)c2CN1c1cc(Cl)nc2c1C=CC2. The van der Waals surface area contributed by atoms with E-state index in [1.54, 1.807) is 6.33 Å². The zero-order valence-corrected chi connectivity index (χ0v) is 19.0. The molecule has 33 heavy (non-hydrogen) atoms. The van der Waals surface area contributed by atoms with Crippen LogP contribution < -0.4 is 20.4 Å². The number of imide groups is 1. The monoisotopic (exact) mass is 465 g/mol. The van der Waals surface area contributed by atoms with Gasteiger partial charge in [-0.1, -0.05) is 23.8 Å². The summed E-state index contributed by atoms with van der Waals surface area (Å²) in [6, 6.07) is 1.79. The molecule has 0 unspecified atom stereocenters. The molecule has 4 aliphatic rings. The minimum atomic E-state index is -0.804. The lowest BCUT2D eigenvalue weighted by Gasteiger charge is -2.41. The molecule has 2 aromatic heterocycles. The Kier molecular flexibility index (Phi) is 4.58. The molecule has 2 fully saturated rings. The Labute approximate surface area is 196 Å². The Morgan fingerprint density at radius 1 is 1.18 bits per heavy atom. The highest BCUT2D eigenvalue weighted by Gasteiger charge is 2.48. The first-order valence-electron chi connectivity index (χ1n) is 11.3. The van der Waals surface area contributed by atoms with Crippen molar-refractivity contribution in [3.63, 3.8) is 0 Å². The number of allylic oxidation sites excluding steroid dienone is 1. The summed E-state index contributed by atoms with van der Waals surface area (Å²) in [6.45, 7) is 4.14. The van der Waals surface area contributed by atoms with Crippen LogP contribution in [0.25, 0.3) is 6.08 Å². The molecule has 6 rings (SSSR count). The van der Waals surface area contributed by atoms with E-state index in [4.69, 9.17) is 11.6 Å². The summed E-state index contributed by atoms with van der Waals surface area (Å²) in [7, 11) is 0. The molecule has 3 aliphatic heterocycles. The average Bonchev–Trinajstić information content (AvgIpc) is 3.36. The van der Waals surface area contributed by atoms with Crippen LogP contribution in [0.15, 0.2) is 18.5 Å². The first-order valence-corrected chi connectivity index (χ1v) is 11.7. The summed E-state index contributed by atoms with van der Waals surface area (Å²) in [5.41, 5.74) is 4.60. The van der Waals surface area contributed by atoms with Crippen molar-refractivity contribution in [3.8, 4) is 0 Å². The van der Waals surface area contributed by atoms with E-state index >= 15 is 0 Å². The second-order valence-electron chi connectivity index (χ2n) is 9.21. The number of carbonyl (C=O) groups is 2. The number of anilines is 2. The highest BCUT2D eigenvalue weighted by molar-refractivity contribution is 6.29. The Morgan fingerprint density at radius 2 is 2.00 bits per heavy atom. The Hall–Kier alpha value is -3.20. The zero-order chi connectivity index (χ0) is 22.7. The third-order valence-electron chi connectivity index (χ3n) is 7.28. The minimum Gasteiger partial charge on any atom is -0.363 e. The first kappa shape index (κ1) is 20.4. The van der Waals surface area contributed by atoms with Crippen LogP contribution in [0.3, 0.4) is 0 Å². The molecular formula is C23H24ClN7O2. The fraction of sp³-hybridized carbons (Fsp3) is 0.435. The first-order chi connectivity index (χ1) is 15.9. The molecule has 1 aliphatic carbocycles. The van der Waals surface area contributed by atoms with Crippen molar-refractivity contribution in [2.75, 3.05) is 22.9 Å². The molecule has 9 nitrogen and oxygen atoms in total. The number of urea groups is 1. The van der Waals surface area contributed by atoms with Crippen molar-refractivity contribution in [2.45, 2.75) is 50.7 Å². The molecule has 0 aromatic carbocycles. The van der Waals surface area contributed by atoms with E-state index in [-0.39, 0.29) is 11.9 Å². The minimum absolute atomic E-state index is 0.228. The highest BCUT2D eigenvalue weighted by atomic mass is 35.5. The van der Waals surface area contributed by atoms with Gasteiger partial charge in [0.25, 0.3) is 5.91 Å². The van der Waals surface area contributed by atoms with Crippen molar-refractivity contribution >= 4 is 41.1 Å². The van der Waals surface area contributed by atoms with Crippen LogP contribution in [-0.2, 0) is 24.2 Å². The van der Waals surface area contributed by atoms with Gasteiger partial charge < -0.3 is 15.1 Å². The van der Waals surface area contributed by atoms with Crippen molar-refractivity contribution in [1.29, 1.82) is 0 Å². The normalized spacial score (nSPS) is 22.9. The number of carbonyl (C=O) groups excluding carboxylic acids is 2. The number of fused-ring (bicyclic) bond motifs is 2. The zero-order valence-electron chi connectivity index (χ0n) is 18.3. The van der Waals surface area contributed by atoms with Gasteiger partial charge >= 0.3 is 6.03 Å². The Bertz CT molecular complexity index is 1210. The number of hydrogen-bond acceptors (Lipinski definition) is 7. The number of rotatable bonds is 2. The molecule has 0 radical (unpaired) electrons. The average molecular weight is 466 g/mol. The van der Waals surface area contributed by atoms with Gasteiger partial charge in [0.2, 0.25) is 0 Å². The van der Waals surface area contributed by atoms with Gasteiger partial charge in [-0.3, -0.25) is 10.1 Å². The predicted molar refractivity (Wildman–Crippen MR) is 124 cm³/mol. The molecule has 2 aromatic rings. The number of aromatic nitrogens is 3. The third kappa shape index (κ3) is 3.25. The van der Waals surface area contributed by atoms with Gasteiger partial charge in [-0.15, -0.1) is 0 Å². The maximum Gasteiger partial charge on any atom is 0.322 e. The van der Waals surface area contributed by atoms with Gasteiger partial charge in [0.1, 0.15) is 22.8 Å². The lowest BCUT2D eigenvalue weighted by Crippen LogP contribution is -2.55. The van der Waals surface area contributed by atoms with Gasteiger partial charge in [0, 0.05) is 55.3 Å². The smallest absolute Gasteiger partial charge is 0.322 e. The maximum absolute atomic E-state index is 12.3. The van der Waals surface area contributed by atoms with E-state index < -0.39 is 11.6 Å². The van der Waals surface area contributed by atoms with Crippen LogP contribution in [0, 0.1) is 0 Å². The fourth-order valence-corrected chi connectivity index (χ4v) is 5.70. The van der Waals surface area contributed by atoms with Crippen molar-refractivity contribution < 1.29 is 9.59 Å². The fourth-order valence-electron chi connectivity index (χ4n) is 5.49. The number of nitrogens with zero attached hydrogens (tertiary/aromatic N) is 5. The molecule has 1 atom stereocenters. The van der Waals surface area contributed by atoms with Crippen LogP contribution >= 0.6 is 11.6 Å². The lowest BCUT2D eigenvalue weighted by atomic mass is 9.87. The Balaban J connectivity index is 1.31. The largest absolute Gasteiger partial charge is 0.363 e. The van der Waals surface area contributed by atoms with E-state index in [9.17, 15) is 9.59 Å². The summed E-state index contributed by atoms with van der Waals surface area (Å²) in [4.78, 5) is 42.3. The van der Waals surface area contributed by atoms with Crippen LogP contribution in [-0.4, -0.2) is 51.6 Å². The molecule has 2 saturated heterocycles. The molecule has 0 saturated carbocycles. The number of nitrogens with one attached hydrogen (secondary N) is 2. The summed E-state index contributed by atoms with van der Waals surface area (Å²) < 4.78 is 0. The number of hydrogen-bond donors (Lipinski definition) is 2. The molecule has 1 spiro atoms. The van der Waals surface area contributed by atoms with E-state index in [1.165, 1.54) is 0 Å². The van der Waals surface area contributed by atoms with Crippen molar-refractivity contribution in [3.05, 3.63) is 46.1 Å². The molecule has 3 amide bonds. The van der Waals surface area contributed by atoms with Crippen molar-refractivity contribution in [2.24, 2.45) is 0 Å². The molecule has 0 bridgehead atoms. The van der Waals surface area contributed by atoms with E-state index in [0.29, 0.717) is 37.6 Å². The standard InChI is InChI=1S/C23H24ClN7O2/c1-13-9-17-15(11-31(13)18-10-19(24)27-16-4-2-3-14(16)18)20(26-12-25-17)30-7-5-23(6-8-30)21(32)28-22(33)29-23/h2-3,10,12-13H,4-9,11H2,1H3,(H2,28,29,32,33)/t13-/m1/s1. The number of amides is 3. The summed E-state index contributed by atoms with van der Waals surface area (Å²) in [5.74, 6) is 0.678. The number of piperidine rings is 1.